The van der Waals surface area contributed by atoms with Crippen LogP contribution in [0.2, 0.25) is 0 Å². The van der Waals surface area contributed by atoms with Crippen LogP contribution < -0.4 is 27.4 Å². The molecular formula is C20H29N5O7. The van der Waals surface area contributed by atoms with Crippen LogP contribution in [0.5, 0.6) is 0 Å². The van der Waals surface area contributed by atoms with Gasteiger partial charge in [-0.15, -0.1) is 0 Å². The van der Waals surface area contributed by atoms with Crippen molar-refractivity contribution < 1.29 is 34.2 Å². The molecule has 0 spiro atoms. The van der Waals surface area contributed by atoms with Crippen LogP contribution in [0.15, 0.2) is 30.3 Å². The summed E-state index contributed by atoms with van der Waals surface area (Å²) in [6.07, 6.45) is -1.36. The monoisotopic (exact) mass is 451 g/mol. The lowest BCUT2D eigenvalue weighted by atomic mass is 10.0. The van der Waals surface area contributed by atoms with Crippen molar-refractivity contribution in [3.8, 4) is 0 Å². The molecule has 1 aromatic rings. The Hall–Kier alpha value is -3.51. The maximum absolute atomic E-state index is 12.6. The van der Waals surface area contributed by atoms with Gasteiger partial charge >= 0.3 is 5.97 Å². The van der Waals surface area contributed by atoms with Gasteiger partial charge in [-0.05, 0) is 18.9 Å². The van der Waals surface area contributed by atoms with E-state index in [9.17, 15) is 29.1 Å². The third-order valence-electron chi connectivity index (χ3n) is 4.44. The molecule has 0 aromatic heterocycles. The Balaban J connectivity index is 2.79. The number of carbonyl (C=O) groups excluding carboxylic acids is 4. The lowest BCUT2D eigenvalue weighted by Gasteiger charge is -2.21. The van der Waals surface area contributed by atoms with E-state index in [0.29, 0.717) is 0 Å². The summed E-state index contributed by atoms with van der Waals surface area (Å²) >= 11 is 0. The number of aliphatic hydroxyl groups excluding tert-OH is 1. The van der Waals surface area contributed by atoms with E-state index >= 15 is 0 Å². The highest BCUT2D eigenvalue weighted by Crippen LogP contribution is 2.05. The molecule has 0 aliphatic carbocycles. The summed E-state index contributed by atoms with van der Waals surface area (Å²) in [5.74, 6) is -4.27. The molecule has 0 bridgehead atoms. The van der Waals surface area contributed by atoms with Crippen molar-refractivity contribution in [2.75, 3.05) is 6.54 Å². The maximum atomic E-state index is 12.6. The van der Waals surface area contributed by atoms with Gasteiger partial charge in [-0.25, -0.2) is 4.79 Å². The van der Waals surface area contributed by atoms with Gasteiger partial charge in [-0.2, -0.15) is 0 Å². The van der Waals surface area contributed by atoms with Crippen LogP contribution >= 0.6 is 0 Å². The van der Waals surface area contributed by atoms with Crippen molar-refractivity contribution in [2.45, 2.75) is 50.4 Å². The second-order valence-corrected chi connectivity index (χ2v) is 7.20. The summed E-state index contributed by atoms with van der Waals surface area (Å²) < 4.78 is 0. The van der Waals surface area contributed by atoms with E-state index in [2.05, 4.69) is 16.0 Å². The molecule has 4 atom stereocenters. The van der Waals surface area contributed by atoms with Gasteiger partial charge in [0.25, 0.3) is 0 Å². The zero-order valence-electron chi connectivity index (χ0n) is 17.6. The van der Waals surface area contributed by atoms with E-state index in [0.717, 1.165) is 5.56 Å². The SMILES string of the molecule is CC(O)C(NC(=O)CNC(=O)C(Cc1ccccc1)NC(=O)C(N)CCC(N)=O)C(=O)O. The number of aliphatic hydroxyl groups is 1. The predicted molar refractivity (Wildman–Crippen MR) is 113 cm³/mol. The molecule has 4 amide bonds. The van der Waals surface area contributed by atoms with Crippen molar-refractivity contribution in [3.63, 3.8) is 0 Å². The largest absolute Gasteiger partial charge is 0.480 e. The highest BCUT2D eigenvalue weighted by Gasteiger charge is 2.27. The van der Waals surface area contributed by atoms with Gasteiger partial charge in [0, 0.05) is 12.8 Å². The van der Waals surface area contributed by atoms with Crippen LogP contribution in [0.3, 0.4) is 0 Å². The number of amides is 4. The van der Waals surface area contributed by atoms with Crippen LogP contribution in [-0.2, 0) is 30.4 Å². The number of nitrogens with two attached hydrogens (primary N) is 2. The molecule has 9 N–H and O–H groups in total. The van der Waals surface area contributed by atoms with Gasteiger partial charge in [0.2, 0.25) is 23.6 Å². The van der Waals surface area contributed by atoms with Gasteiger partial charge in [0.1, 0.15) is 6.04 Å². The molecule has 12 heteroatoms. The third-order valence-corrected chi connectivity index (χ3v) is 4.44. The number of nitrogens with one attached hydrogen (secondary N) is 3. The molecule has 0 saturated heterocycles. The summed E-state index contributed by atoms with van der Waals surface area (Å²) in [7, 11) is 0. The molecule has 1 aromatic carbocycles. The third kappa shape index (κ3) is 9.53. The van der Waals surface area contributed by atoms with Crippen LogP contribution in [0.4, 0.5) is 0 Å². The van der Waals surface area contributed by atoms with E-state index in [4.69, 9.17) is 16.6 Å². The Morgan fingerprint density at radius 1 is 1.03 bits per heavy atom. The standard InChI is InChI=1S/C20H29N5O7/c1-11(26)17(20(31)32)25-16(28)10-23-19(30)14(9-12-5-3-2-4-6-12)24-18(29)13(21)7-8-15(22)27/h2-6,11,13-14,17,26H,7-10,21H2,1H3,(H2,22,27)(H,23,30)(H,24,29)(H,25,28)(H,31,32). The lowest BCUT2D eigenvalue weighted by molar-refractivity contribution is -0.144. The quantitative estimate of drug-likeness (QED) is 0.168. The van der Waals surface area contributed by atoms with E-state index in [-0.39, 0.29) is 19.3 Å². The summed E-state index contributed by atoms with van der Waals surface area (Å²) in [5.41, 5.74) is 11.5. The highest BCUT2D eigenvalue weighted by atomic mass is 16.4. The van der Waals surface area contributed by atoms with Gasteiger partial charge in [0.15, 0.2) is 6.04 Å². The van der Waals surface area contributed by atoms with Gasteiger partial charge in [-0.3, -0.25) is 19.2 Å². The number of rotatable bonds is 13. The Morgan fingerprint density at radius 2 is 1.66 bits per heavy atom. The van der Waals surface area contributed by atoms with E-state index < -0.39 is 60.4 Å². The number of hydrogen-bond acceptors (Lipinski definition) is 7. The molecule has 0 fully saturated rings. The smallest absolute Gasteiger partial charge is 0.328 e. The first-order valence-electron chi connectivity index (χ1n) is 9.87. The number of benzene rings is 1. The van der Waals surface area contributed by atoms with Crippen molar-refractivity contribution in [1.29, 1.82) is 0 Å². The molecule has 176 valence electrons. The Morgan fingerprint density at radius 3 is 2.19 bits per heavy atom. The average Bonchev–Trinajstić information content (AvgIpc) is 2.73. The fourth-order valence-corrected chi connectivity index (χ4v) is 2.67. The molecular weight excluding hydrogens is 422 g/mol. The average molecular weight is 451 g/mol. The summed E-state index contributed by atoms with van der Waals surface area (Å²) in [5, 5.41) is 25.3. The molecule has 12 nitrogen and oxygen atoms in total. The Bertz CT molecular complexity index is 816. The van der Waals surface area contributed by atoms with Gasteiger partial charge < -0.3 is 37.6 Å². The molecule has 0 radical (unpaired) electrons. The minimum Gasteiger partial charge on any atom is -0.480 e. The van der Waals surface area contributed by atoms with Gasteiger partial charge in [0.05, 0.1) is 18.7 Å². The molecule has 32 heavy (non-hydrogen) atoms. The summed E-state index contributed by atoms with van der Waals surface area (Å²) in [6.45, 7) is 0.620. The minimum absolute atomic E-state index is 0.000824. The highest BCUT2D eigenvalue weighted by molar-refractivity contribution is 5.93. The number of primary amides is 1. The van der Waals surface area contributed by atoms with Crippen LogP contribution in [0, 0.1) is 0 Å². The molecule has 1 rings (SSSR count). The van der Waals surface area contributed by atoms with Gasteiger partial charge in [-0.1, -0.05) is 30.3 Å². The first kappa shape index (κ1) is 26.5. The second-order valence-electron chi connectivity index (χ2n) is 7.20. The van der Waals surface area contributed by atoms with Crippen molar-refractivity contribution >= 4 is 29.6 Å². The summed E-state index contributed by atoms with van der Waals surface area (Å²) in [4.78, 5) is 58.9. The Kier molecular flexibility index (Phi) is 10.8. The lowest BCUT2D eigenvalue weighted by Crippen LogP contribution is -2.55. The number of carbonyl (C=O) groups is 5. The maximum Gasteiger partial charge on any atom is 0.328 e. The fraction of sp³-hybridized carbons (Fsp3) is 0.450. The molecule has 0 heterocycles. The summed E-state index contributed by atoms with van der Waals surface area (Å²) in [6, 6.07) is 5.06. The van der Waals surface area contributed by atoms with Crippen molar-refractivity contribution in [2.24, 2.45) is 11.5 Å². The first-order valence-corrected chi connectivity index (χ1v) is 9.87. The number of aliphatic carboxylic acids is 1. The van der Waals surface area contributed by atoms with Crippen LogP contribution in [-0.4, -0.2) is 70.6 Å². The van der Waals surface area contributed by atoms with Crippen molar-refractivity contribution in [1.82, 2.24) is 16.0 Å². The first-order chi connectivity index (χ1) is 15.0. The number of carboxylic acids is 1. The fourth-order valence-electron chi connectivity index (χ4n) is 2.67. The number of hydrogen-bond donors (Lipinski definition) is 7. The number of carboxylic acid groups (broad SMARTS) is 1. The molecule has 4 unspecified atom stereocenters. The Labute approximate surface area is 184 Å². The minimum atomic E-state index is -1.54. The second kappa shape index (κ2) is 13.0. The van der Waals surface area contributed by atoms with E-state index in [1.165, 1.54) is 6.92 Å². The molecule has 0 aliphatic rings. The molecule has 0 saturated carbocycles. The molecule has 0 aliphatic heterocycles. The van der Waals surface area contributed by atoms with E-state index in [1.54, 1.807) is 30.3 Å². The van der Waals surface area contributed by atoms with Crippen LogP contribution in [0.1, 0.15) is 25.3 Å². The normalized spacial score (nSPS) is 14.3. The predicted octanol–water partition coefficient (Wildman–Crippen LogP) is -2.63. The van der Waals surface area contributed by atoms with Crippen molar-refractivity contribution in [3.05, 3.63) is 35.9 Å². The van der Waals surface area contributed by atoms with Crippen LogP contribution in [0.25, 0.3) is 0 Å². The topological polar surface area (TPSA) is 214 Å². The zero-order valence-corrected chi connectivity index (χ0v) is 17.6. The van der Waals surface area contributed by atoms with E-state index in [1.807, 2.05) is 0 Å². The zero-order chi connectivity index (χ0) is 24.3.